The summed E-state index contributed by atoms with van der Waals surface area (Å²) < 4.78 is 0. The Labute approximate surface area is 176 Å². The molecule has 9 heteroatoms. The Morgan fingerprint density at radius 2 is 1.80 bits per heavy atom. The zero-order valence-electron chi connectivity index (χ0n) is 17.4. The van der Waals surface area contributed by atoms with Crippen molar-refractivity contribution in [1.29, 1.82) is 0 Å². The third-order valence-electron chi connectivity index (χ3n) is 5.01. The molecule has 3 rings (SSSR count). The largest absolute Gasteiger partial charge is 0.372 e. The van der Waals surface area contributed by atoms with Gasteiger partial charge in [0.05, 0.1) is 0 Å². The molecular formula is C21H29N7O2. The van der Waals surface area contributed by atoms with E-state index in [1.54, 1.807) is 0 Å². The Hall–Kier alpha value is -3.36. The molecule has 0 aliphatic carbocycles. The summed E-state index contributed by atoms with van der Waals surface area (Å²) in [6.07, 6.45) is 4.30. The lowest BCUT2D eigenvalue weighted by Crippen LogP contribution is -2.37. The first-order valence-corrected chi connectivity index (χ1v) is 10.2. The number of hydrogen-bond acceptors (Lipinski definition) is 7. The molecular weight excluding hydrogens is 382 g/mol. The van der Waals surface area contributed by atoms with E-state index in [-0.39, 0.29) is 23.2 Å². The van der Waals surface area contributed by atoms with E-state index in [4.69, 9.17) is 11.5 Å². The van der Waals surface area contributed by atoms with E-state index in [2.05, 4.69) is 25.5 Å². The third kappa shape index (κ3) is 5.37. The fraction of sp³-hybridized carbons (Fsp3) is 0.429. The fourth-order valence-corrected chi connectivity index (χ4v) is 3.47. The minimum atomic E-state index is -0.647. The molecule has 1 saturated heterocycles. The highest BCUT2D eigenvalue weighted by Crippen LogP contribution is 2.25. The summed E-state index contributed by atoms with van der Waals surface area (Å²) in [5.41, 5.74) is 13.1. The number of anilines is 4. The van der Waals surface area contributed by atoms with Gasteiger partial charge in [-0.25, -0.2) is 4.98 Å². The Bertz CT molecular complexity index is 893. The fourth-order valence-electron chi connectivity index (χ4n) is 3.47. The second-order valence-corrected chi connectivity index (χ2v) is 7.92. The SMILES string of the molecule is CC(C)C[C@@H](Nc1ncc(C(N)=O)c(Nc2ccc(N3CCCC3)cc2)n1)C(N)=O. The van der Waals surface area contributed by atoms with Crippen molar-refractivity contribution in [2.75, 3.05) is 28.6 Å². The van der Waals surface area contributed by atoms with Crippen LogP contribution in [0.3, 0.4) is 0 Å². The first-order valence-electron chi connectivity index (χ1n) is 10.2. The second kappa shape index (κ2) is 9.43. The summed E-state index contributed by atoms with van der Waals surface area (Å²) in [5, 5.41) is 6.08. The maximum Gasteiger partial charge on any atom is 0.254 e. The van der Waals surface area contributed by atoms with Gasteiger partial charge in [0.1, 0.15) is 17.4 Å². The Kier molecular flexibility index (Phi) is 6.71. The number of nitrogens with one attached hydrogen (secondary N) is 2. The number of carbonyl (C=O) groups is 2. The number of nitrogens with two attached hydrogens (primary N) is 2. The van der Waals surface area contributed by atoms with Crippen molar-refractivity contribution in [2.24, 2.45) is 17.4 Å². The quantitative estimate of drug-likeness (QED) is 0.496. The van der Waals surface area contributed by atoms with Crippen LogP contribution in [0.4, 0.5) is 23.1 Å². The van der Waals surface area contributed by atoms with E-state index in [1.807, 2.05) is 38.1 Å². The maximum absolute atomic E-state index is 11.8. The van der Waals surface area contributed by atoms with Crippen molar-refractivity contribution >= 4 is 35.0 Å². The van der Waals surface area contributed by atoms with Crippen molar-refractivity contribution in [3.8, 4) is 0 Å². The van der Waals surface area contributed by atoms with Crippen LogP contribution in [0.15, 0.2) is 30.5 Å². The number of aromatic nitrogens is 2. The van der Waals surface area contributed by atoms with Gasteiger partial charge in [-0.05, 0) is 49.4 Å². The van der Waals surface area contributed by atoms with Crippen LogP contribution in [0.2, 0.25) is 0 Å². The molecule has 1 aromatic carbocycles. The topological polar surface area (TPSA) is 139 Å². The Balaban J connectivity index is 1.80. The van der Waals surface area contributed by atoms with Crippen LogP contribution in [0, 0.1) is 5.92 Å². The molecule has 1 aliphatic rings. The summed E-state index contributed by atoms with van der Waals surface area (Å²) in [5.74, 6) is -0.418. The summed E-state index contributed by atoms with van der Waals surface area (Å²) >= 11 is 0. The number of rotatable bonds is 9. The zero-order valence-corrected chi connectivity index (χ0v) is 17.4. The highest BCUT2D eigenvalue weighted by Gasteiger charge is 2.20. The summed E-state index contributed by atoms with van der Waals surface area (Å²) in [7, 11) is 0. The Morgan fingerprint density at radius 1 is 1.13 bits per heavy atom. The van der Waals surface area contributed by atoms with Crippen molar-refractivity contribution in [1.82, 2.24) is 9.97 Å². The van der Waals surface area contributed by atoms with Crippen LogP contribution in [-0.4, -0.2) is 40.9 Å². The van der Waals surface area contributed by atoms with Gasteiger partial charge in [0.2, 0.25) is 11.9 Å². The molecule has 0 saturated carbocycles. The highest BCUT2D eigenvalue weighted by molar-refractivity contribution is 5.98. The molecule has 9 nitrogen and oxygen atoms in total. The average Bonchev–Trinajstić information content (AvgIpc) is 3.22. The lowest BCUT2D eigenvalue weighted by molar-refractivity contribution is -0.119. The molecule has 2 aromatic rings. The molecule has 160 valence electrons. The summed E-state index contributed by atoms with van der Waals surface area (Å²) in [6, 6.07) is 7.31. The van der Waals surface area contributed by atoms with E-state index < -0.39 is 17.9 Å². The van der Waals surface area contributed by atoms with Crippen molar-refractivity contribution in [3.63, 3.8) is 0 Å². The van der Waals surface area contributed by atoms with E-state index in [1.165, 1.54) is 19.0 Å². The number of nitrogens with zero attached hydrogens (tertiary/aromatic N) is 3. The van der Waals surface area contributed by atoms with E-state index in [9.17, 15) is 9.59 Å². The first-order chi connectivity index (χ1) is 14.3. The van der Waals surface area contributed by atoms with Gasteiger partial charge < -0.3 is 27.0 Å². The van der Waals surface area contributed by atoms with E-state index >= 15 is 0 Å². The molecule has 0 spiro atoms. The summed E-state index contributed by atoms with van der Waals surface area (Å²) in [4.78, 5) is 34.4. The maximum atomic E-state index is 11.8. The third-order valence-corrected chi connectivity index (χ3v) is 5.01. The van der Waals surface area contributed by atoms with Gasteiger partial charge >= 0.3 is 0 Å². The van der Waals surface area contributed by atoms with Gasteiger partial charge in [0, 0.05) is 30.7 Å². The van der Waals surface area contributed by atoms with Gasteiger partial charge in [-0.15, -0.1) is 0 Å². The van der Waals surface area contributed by atoms with E-state index in [0.717, 1.165) is 24.5 Å². The predicted octanol–water partition coefficient (Wildman–Crippen LogP) is 2.23. The average molecular weight is 412 g/mol. The minimum absolute atomic E-state index is 0.156. The van der Waals surface area contributed by atoms with Crippen LogP contribution in [0.5, 0.6) is 0 Å². The Morgan fingerprint density at radius 3 is 2.37 bits per heavy atom. The van der Waals surface area contributed by atoms with Crippen LogP contribution in [0.1, 0.15) is 43.5 Å². The van der Waals surface area contributed by atoms with Crippen molar-refractivity contribution < 1.29 is 9.59 Å². The molecule has 30 heavy (non-hydrogen) atoms. The number of primary amides is 2. The molecule has 2 amide bonds. The van der Waals surface area contributed by atoms with Gasteiger partial charge in [-0.1, -0.05) is 13.8 Å². The van der Waals surface area contributed by atoms with Gasteiger partial charge in [0.15, 0.2) is 0 Å². The molecule has 0 bridgehead atoms. The van der Waals surface area contributed by atoms with Crippen LogP contribution in [-0.2, 0) is 4.79 Å². The number of amides is 2. The first kappa shape index (κ1) is 21.4. The van der Waals surface area contributed by atoms with Gasteiger partial charge in [0.25, 0.3) is 5.91 Å². The minimum Gasteiger partial charge on any atom is -0.372 e. The molecule has 0 radical (unpaired) electrons. The molecule has 1 fully saturated rings. The number of hydrogen-bond donors (Lipinski definition) is 4. The molecule has 0 unspecified atom stereocenters. The normalized spacial score (nSPS) is 14.6. The smallest absolute Gasteiger partial charge is 0.254 e. The molecule has 1 atom stereocenters. The lowest BCUT2D eigenvalue weighted by Gasteiger charge is -2.19. The molecule has 1 aromatic heterocycles. The van der Waals surface area contributed by atoms with E-state index in [0.29, 0.717) is 6.42 Å². The molecule has 6 N–H and O–H groups in total. The van der Waals surface area contributed by atoms with Crippen molar-refractivity contribution in [2.45, 2.75) is 39.2 Å². The van der Waals surface area contributed by atoms with Crippen LogP contribution < -0.4 is 27.0 Å². The summed E-state index contributed by atoms with van der Waals surface area (Å²) in [6.45, 7) is 6.12. The van der Waals surface area contributed by atoms with Gasteiger partial charge in [-0.2, -0.15) is 4.98 Å². The predicted molar refractivity (Wildman–Crippen MR) is 118 cm³/mol. The van der Waals surface area contributed by atoms with Crippen LogP contribution >= 0.6 is 0 Å². The standard InChI is InChI=1S/C21H29N7O2/c1-13(2)11-17(19(23)30)26-21-24-12-16(18(22)29)20(27-21)25-14-5-7-15(8-6-14)28-9-3-4-10-28/h5-8,12-13,17H,3-4,9-11H2,1-2H3,(H2,22,29)(H2,23,30)(H2,24,25,26,27)/t17-/m1/s1. The van der Waals surface area contributed by atoms with Crippen molar-refractivity contribution in [3.05, 3.63) is 36.0 Å². The lowest BCUT2D eigenvalue weighted by atomic mass is 10.0. The highest BCUT2D eigenvalue weighted by atomic mass is 16.1. The molecule has 2 heterocycles. The zero-order chi connectivity index (χ0) is 21.7. The van der Waals surface area contributed by atoms with Crippen LogP contribution in [0.25, 0.3) is 0 Å². The number of benzene rings is 1. The monoisotopic (exact) mass is 411 g/mol. The molecule has 1 aliphatic heterocycles. The second-order valence-electron chi connectivity index (χ2n) is 7.92. The van der Waals surface area contributed by atoms with Gasteiger partial charge in [-0.3, -0.25) is 9.59 Å². The number of carbonyl (C=O) groups excluding carboxylic acids is 2.